The summed E-state index contributed by atoms with van der Waals surface area (Å²) in [6.45, 7) is 5.85. The monoisotopic (exact) mass is 511 g/mol. The average Bonchev–Trinajstić information content (AvgIpc) is 3.34. The molecule has 1 aliphatic heterocycles. The molecule has 1 atom stereocenters. The number of aromatic nitrogens is 3. The van der Waals surface area contributed by atoms with E-state index in [1.54, 1.807) is 11.9 Å². The van der Waals surface area contributed by atoms with Gasteiger partial charge in [-0.25, -0.2) is 0 Å². The number of nitrogens with zero attached hydrogens (tertiary/aromatic N) is 5. The van der Waals surface area contributed by atoms with Gasteiger partial charge in [-0.1, -0.05) is 6.07 Å². The molecule has 150 valence electrons. The first-order valence-corrected chi connectivity index (χ1v) is 10.1. The van der Waals surface area contributed by atoms with Crippen LogP contribution < -0.4 is 10.6 Å². The van der Waals surface area contributed by atoms with Crippen molar-refractivity contribution in [3.63, 3.8) is 0 Å². The molecule has 2 N–H and O–H groups in total. The fourth-order valence-corrected chi connectivity index (χ4v) is 4.30. The lowest BCUT2D eigenvalue weighted by Gasteiger charge is -2.32. The molecular weight excluding hydrogens is 485 g/mol. The first kappa shape index (κ1) is 21.0. The first-order chi connectivity index (χ1) is 13.2. The van der Waals surface area contributed by atoms with Gasteiger partial charge in [0.05, 0.1) is 6.54 Å². The summed E-state index contributed by atoms with van der Waals surface area (Å²) in [5, 5.41) is 17.4. The zero-order valence-corrected chi connectivity index (χ0v) is 19.3. The predicted octanol–water partition coefficient (Wildman–Crippen LogP) is 2.52. The van der Waals surface area contributed by atoms with Gasteiger partial charge < -0.3 is 10.6 Å². The highest BCUT2D eigenvalue weighted by molar-refractivity contribution is 14.0. The van der Waals surface area contributed by atoms with E-state index < -0.39 is 0 Å². The molecule has 0 saturated carbocycles. The van der Waals surface area contributed by atoms with Gasteiger partial charge in [-0.15, -0.1) is 45.5 Å². The van der Waals surface area contributed by atoms with Crippen molar-refractivity contribution in [2.24, 2.45) is 4.99 Å². The lowest BCUT2D eigenvalue weighted by atomic mass is 10.1. The topological polar surface area (TPSA) is 69.8 Å². The van der Waals surface area contributed by atoms with Crippen LogP contribution in [0.4, 0.5) is 0 Å². The summed E-state index contributed by atoms with van der Waals surface area (Å²) in [5.41, 5.74) is 2.34. The third-order valence-corrected chi connectivity index (χ3v) is 6.07. The smallest absolute Gasteiger partial charge is 0.191 e. The summed E-state index contributed by atoms with van der Waals surface area (Å²) in [7, 11) is 1.79. The second-order valence-electron chi connectivity index (χ2n) is 6.79. The summed E-state index contributed by atoms with van der Waals surface area (Å²) < 4.78 is 1.98. The molecule has 4 heterocycles. The molecule has 3 aromatic rings. The number of pyridine rings is 1. The third kappa shape index (κ3) is 4.64. The van der Waals surface area contributed by atoms with Gasteiger partial charge in [-0.05, 0) is 42.5 Å². The van der Waals surface area contributed by atoms with Gasteiger partial charge in [-0.2, -0.15) is 0 Å². The fourth-order valence-electron chi connectivity index (χ4n) is 3.41. The van der Waals surface area contributed by atoms with Crippen LogP contribution in [0.3, 0.4) is 0 Å². The maximum absolute atomic E-state index is 4.33. The minimum absolute atomic E-state index is 0. The number of thiophene rings is 1. The number of guanidine groups is 1. The number of hydrogen-bond donors (Lipinski definition) is 2. The first-order valence-electron chi connectivity index (χ1n) is 9.27. The van der Waals surface area contributed by atoms with Gasteiger partial charge >= 0.3 is 0 Å². The van der Waals surface area contributed by atoms with E-state index in [0.717, 1.165) is 43.5 Å². The van der Waals surface area contributed by atoms with Crippen molar-refractivity contribution in [1.82, 2.24) is 30.1 Å². The highest BCUT2D eigenvalue weighted by Crippen LogP contribution is 2.24. The van der Waals surface area contributed by atoms with E-state index >= 15 is 0 Å². The van der Waals surface area contributed by atoms with Crippen molar-refractivity contribution in [2.75, 3.05) is 20.1 Å². The van der Waals surface area contributed by atoms with E-state index in [-0.39, 0.29) is 24.0 Å². The van der Waals surface area contributed by atoms with Crippen LogP contribution in [0.15, 0.2) is 40.8 Å². The van der Waals surface area contributed by atoms with Gasteiger partial charge in [0.1, 0.15) is 0 Å². The van der Waals surface area contributed by atoms with E-state index in [9.17, 15) is 0 Å². The van der Waals surface area contributed by atoms with E-state index in [0.29, 0.717) is 12.6 Å². The normalized spacial score (nSPS) is 15.7. The third-order valence-electron chi connectivity index (χ3n) is 5.05. The Balaban J connectivity index is 0.00000225. The SMILES string of the molecule is CN=C(NCc1nnc2ccccn12)NCC(C)N1CCc2sccc2C1.I. The lowest BCUT2D eigenvalue weighted by Crippen LogP contribution is -2.47. The van der Waals surface area contributed by atoms with Crippen LogP contribution in [0, 0.1) is 0 Å². The van der Waals surface area contributed by atoms with E-state index in [1.165, 1.54) is 5.56 Å². The molecule has 0 fully saturated rings. The van der Waals surface area contributed by atoms with Crippen LogP contribution in [-0.4, -0.2) is 51.6 Å². The summed E-state index contributed by atoms with van der Waals surface area (Å²) >= 11 is 1.88. The molecule has 1 aliphatic rings. The minimum atomic E-state index is 0. The molecule has 9 heteroatoms. The van der Waals surface area contributed by atoms with Gasteiger partial charge in [0.2, 0.25) is 0 Å². The Morgan fingerprint density at radius 3 is 3.04 bits per heavy atom. The summed E-state index contributed by atoms with van der Waals surface area (Å²) in [4.78, 5) is 8.41. The fraction of sp³-hybridized carbons (Fsp3) is 0.421. The molecule has 0 radical (unpaired) electrons. The van der Waals surface area contributed by atoms with Gasteiger partial charge in [0.15, 0.2) is 17.4 Å². The number of halogens is 1. The Bertz CT molecular complexity index is 935. The molecule has 1 unspecified atom stereocenters. The molecule has 0 aromatic carbocycles. The number of rotatable bonds is 5. The Morgan fingerprint density at radius 1 is 1.29 bits per heavy atom. The van der Waals surface area contributed by atoms with Crippen molar-refractivity contribution >= 4 is 46.9 Å². The Kier molecular flexibility index (Phi) is 7.24. The molecule has 0 amide bonds. The molecule has 4 rings (SSSR count). The zero-order chi connectivity index (χ0) is 18.6. The van der Waals surface area contributed by atoms with Crippen molar-refractivity contribution in [2.45, 2.75) is 32.5 Å². The van der Waals surface area contributed by atoms with Gasteiger partial charge in [0, 0.05) is 43.8 Å². The maximum atomic E-state index is 4.33. The maximum Gasteiger partial charge on any atom is 0.191 e. The van der Waals surface area contributed by atoms with Crippen LogP contribution in [0.1, 0.15) is 23.2 Å². The number of fused-ring (bicyclic) bond motifs is 2. The summed E-state index contributed by atoms with van der Waals surface area (Å²) in [6, 6.07) is 8.58. The van der Waals surface area contributed by atoms with Crippen LogP contribution in [0.25, 0.3) is 5.65 Å². The van der Waals surface area contributed by atoms with Crippen molar-refractivity contribution in [1.29, 1.82) is 0 Å². The quantitative estimate of drug-likeness (QED) is 0.313. The molecule has 3 aromatic heterocycles. The number of hydrogen-bond acceptors (Lipinski definition) is 5. The molecule has 28 heavy (non-hydrogen) atoms. The van der Waals surface area contributed by atoms with Crippen LogP contribution >= 0.6 is 35.3 Å². The summed E-state index contributed by atoms with van der Waals surface area (Å²) in [6.07, 6.45) is 3.13. The second kappa shape index (κ2) is 9.66. The molecule has 7 nitrogen and oxygen atoms in total. The molecule has 0 bridgehead atoms. The van der Waals surface area contributed by atoms with Crippen LogP contribution in [-0.2, 0) is 19.5 Å². The zero-order valence-electron chi connectivity index (χ0n) is 16.1. The molecular formula is C19H26IN7S. The van der Waals surface area contributed by atoms with Crippen molar-refractivity contribution < 1.29 is 0 Å². The Hall–Kier alpha value is -1.72. The summed E-state index contributed by atoms with van der Waals surface area (Å²) in [5.74, 6) is 1.64. The van der Waals surface area contributed by atoms with E-state index in [2.05, 4.69) is 49.1 Å². The largest absolute Gasteiger partial charge is 0.355 e. The van der Waals surface area contributed by atoms with Crippen molar-refractivity contribution in [3.05, 3.63) is 52.1 Å². The standard InChI is InChI=1S/C19H25N7S.HI/c1-14(25-9-6-16-15(13-25)7-10-27-16)11-21-19(20-2)22-12-18-24-23-17-5-3-4-8-26(17)18;/h3-5,7-8,10,14H,6,9,11-13H2,1-2H3,(H2,20,21,22);1H. The molecule has 0 aliphatic carbocycles. The number of nitrogens with one attached hydrogen (secondary N) is 2. The van der Waals surface area contributed by atoms with Crippen molar-refractivity contribution in [3.8, 4) is 0 Å². The molecule has 0 spiro atoms. The highest BCUT2D eigenvalue weighted by atomic mass is 127. The van der Waals surface area contributed by atoms with E-state index in [1.807, 2.05) is 40.1 Å². The van der Waals surface area contributed by atoms with E-state index in [4.69, 9.17) is 0 Å². The van der Waals surface area contributed by atoms with Crippen LogP contribution in [0.5, 0.6) is 0 Å². The van der Waals surface area contributed by atoms with Gasteiger partial charge in [-0.3, -0.25) is 14.3 Å². The lowest BCUT2D eigenvalue weighted by molar-refractivity contribution is 0.192. The Morgan fingerprint density at radius 2 is 2.18 bits per heavy atom. The highest BCUT2D eigenvalue weighted by Gasteiger charge is 2.21. The second-order valence-corrected chi connectivity index (χ2v) is 7.79. The average molecular weight is 511 g/mol. The number of aliphatic imine (C=N–C) groups is 1. The predicted molar refractivity (Wildman–Crippen MR) is 124 cm³/mol. The van der Waals surface area contributed by atoms with Crippen LogP contribution in [0.2, 0.25) is 0 Å². The minimum Gasteiger partial charge on any atom is -0.355 e. The Labute approximate surface area is 186 Å². The van der Waals surface area contributed by atoms with Gasteiger partial charge in [0.25, 0.3) is 0 Å². The molecule has 0 saturated heterocycles.